The number of aromatic hydroxyl groups is 1. The summed E-state index contributed by atoms with van der Waals surface area (Å²) in [5, 5.41) is 14.7. The predicted molar refractivity (Wildman–Crippen MR) is 89.8 cm³/mol. The normalized spacial score (nSPS) is 13.8. The van der Waals surface area contributed by atoms with Crippen LogP contribution >= 0.6 is 0 Å². The Labute approximate surface area is 129 Å². The van der Waals surface area contributed by atoms with Gasteiger partial charge in [-0.05, 0) is 61.6 Å². The molecule has 4 rings (SSSR count). The summed E-state index contributed by atoms with van der Waals surface area (Å²) in [5.74, 6) is 0.280. The molecule has 2 N–H and O–H groups in total. The zero-order valence-corrected chi connectivity index (χ0v) is 12.3. The van der Waals surface area contributed by atoms with Crippen molar-refractivity contribution < 1.29 is 5.11 Å². The second kappa shape index (κ2) is 5.34. The third kappa shape index (κ3) is 2.29. The van der Waals surface area contributed by atoms with Crippen LogP contribution in [0.1, 0.15) is 24.1 Å². The number of pyridine rings is 1. The second-order valence-corrected chi connectivity index (χ2v) is 5.82. The van der Waals surface area contributed by atoms with Crippen LogP contribution in [0.4, 0.5) is 11.4 Å². The fourth-order valence-electron chi connectivity index (χ4n) is 3.13. The standard InChI is InChI=1S/C19H18N2O/c22-19-15-12-13-6-4-5-9-16(13)21-17(15)10-11-18(19)20-14-7-2-1-3-8-14/h1-3,7-8,10-12,20,22H,4-6,9H2. The van der Waals surface area contributed by atoms with Crippen molar-refractivity contribution in [2.75, 3.05) is 5.32 Å². The zero-order chi connectivity index (χ0) is 14.9. The van der Waals surface area contributed by atoms with Gasteiger partial charge < -0.3 is 10.4 Å². The van der Waals surface area contributed by atoms with E-state index in [1.54, 1.807) is 0 Å². The van der Waals surface area contributed by atoms with Crippen LogP contribution in [0, 0.1) is 0 Å². The number of nitrogens with one attached hydrogen (secondary N) is 1. The van der Waals surface area contributed by atoms with Crippen molar-refractivity contribution in [1.82, 2.24) is 4.98 Å². The molecule has 1 aliphatic carbocycles. The number of phenols is 1. The Morgan fingerprint density at radius 1 is 0.955 bits per heavy atom. The van der Waals surface area contributed by atoms with Gasteiger partial charge in [-0.1, -0.05) is 18.2 Å². The number of aromatic nitrogens is 1. The van der Waals surface area contributed by atoms with Crippen molar-refractivity contribution in [3.05, 3.63) is 59.8 Å². The molecule has 1 aliphatic rings. The van der Waals surface area contributed by atoms with Crippen LogP contribution < -0.4 is 5.32 Å². The quantitative estimate of drug-likeness (QED) is 0.680. The highest BCUT2D eigenvalue weighted by molar-refractivity contribution is 5.92. The van der Waals surface area contributed by atoms with Gasteiger partial charge >= 0.3 is 0 Å². The SMILES string of the molecule is Oc1c(Nc2ccccc2)ccc2nc3c(cc12)CCCC3. The van der Waals surface area contributed by atoms with Crippen LogP contribution in [0.5, 0.6) is 5.75 Å². The number of para-hydroxylation sites is 1. The molecule has 3 nitrogen and oxygen atoms in total. The van der Waals surface area contributed by atoms with E-state index in [0.717, 1.165) is 35.1 Å². The van der Waals surface area contributed by atoms with Gasteiger partial charge in [0.15, 0.2) is 0 Å². The molecule has 0 spiro atoms. The first-order chi connectivity index (χ1) is 10.8. The lowest BCUT2D eigenvalue weighted by Crippen LogP contribution is -2.05. The number of anilines is 2. The summed E-state index contributed by atoms with van der Waals surface area (Å²) in [6.07, 6.45) is 4.54. The van der Waals surface area contributed by atoms with Gasteiger partial charge in [-0.15, -0.1) is 0 Å². The highest BCUT2D eigenvalue weighted by atomic mass is 16.3. The Morgan fingerprint density at radius 2 is 1.77 bits per heavy atom. The van der Waals surface area contributed by atoms with Gasteiger partial charge in [0.1, 0.15) is 5.75 Å². The van der Waals surface area contributed by atoms with E-state index in [4.69, 9.17) is 4.98 Å². The van der Waals surface area contributed by atoms with Crippen molar-refractivity contribution in [3.8, 4) is 5.75 Å². The van der Waals surface area contributed by atoms with E-state index in [-0.39, 0.29) is 5.75 Å². The molecule has 0 radical (unpaired) electrons. The fraction of sp³-hybridized carbons (Fsp3) is 0.211. The van der Waals surface area contributed by atoms with E-state index in [2.05, 4.69) is 11.4 Å². The third-order valence-corrected chi connectivity index (χ3v) is 4.30. The van der Waals surface area contributed by atoms with Crippen molar-refractivity contribution in [3.63, 3.8) is 0 Å². The average molecular weight is 290 g/mol. The molecule has 1 heterocycles. The summed E-state index contributed by atoms with van der Waals surface area (Å²) < 4.78 is 0. The van der Waals surface area contributed by atoms with E-state index >= 15 is 0 Å². The minimum Gasteiger partial charge on any atom is -0.505 e. The Bertz CT molecular complexity index is 828. The molecule has 0 amide bonds. The van der Waals surface area contributed by atoms with Gasteiger partial charge in [0.05, 0.1) is 11.2 Å². The van der Waals surface area contributed by atoms with Crippen LogP contribution in [0.2, 0.25) is 0 Å². The van der Waals surface area contributed by atoms with E-state index < -0.39 is 0 Å². The summed E-state index contributed by atoms with van der Waals surface area (Å²) in [6, 6.07) is 15.9. The fourth-order valence-corrected chi connectivity index (χ4v) is 3.13. The maximum Gasteiger partial charge on any atom is 0.148 e. The average Bonchev–Trinajstić information content (AvgIpc) is 2.57. The number of fused-ring (bicyclic) bond motifs is 2. The van der Waals surface area contributed by atoms with Crippen molar-refractivity contribution in [1.29, 1.82) is 0 Å². The van der Waals surface area contributed by atoms with Gasteiger partial charge in [0.25, 0.3) is 0 Å². The topological polar surface area (TPSA) is 45.1 Å². The summed E-state index contributed by atoms with van der Waals surface area (Å²) in [4.78, 5) is 4.74. The number of nitrogens with zero attached hydrogens (tertiary/aromatic N) is 1. The summed E-state index contributed by atoms with van der Waals surface area (Å²) in [7, 11) is 0. The number of phenolic OH excluding ortho intramolecular Hbond substituents is 1. The number of benzene rings is 2. The summed E-state index contributed by atoms with van der Waals surface area (Å²) in [5.41, 5.74) is 5.03. The minimum atomic E-state index is 0.280. The Kier molecular flexibility index (Phi) is 3.19. The first kappa shape index (κ1) is 13.1. The first-order valence-corrected chi connectivity index (χ1v) is 7.78. The number of hydrogen-bond donors (Lipinski definition) is 2. The molecule has 0 aliphatic heterocycles. The van der Waals surface area contributed by atoms with E-state index in [9.17, 15) is 5.11 Å². The maximum absolute atomic E-state index is 10.6. The molecule has 0 saturated heterocycles. The van der Waals surface area contributed by atoms with Crippen molar-refractivity contribution >= 4 is 22.3 Å². The lowest BCUT2D eigenvalue weighted by Gasteiger charge is -2.17. The molecule has 2 aromatic carbocycles. The highest BCUT2D eigenvalue weighted by Gasteiger charge is 2.15. The summed E-state index contributed by atoms with van der Waals surface area (Å²) >= 11 is 0. The van der Waals surface area contributed by atoms with Gasteiger partial charge in [0.2, 0.25) is 0 Å². The molecular weight excluding hydrogens is 272 g/mol. The Balaban J connectivity index is 1.79. The number of rotatable bonds is 2. The molecule has 0 fully saturated rings. The predicted octanol–water partition coefficient (Wildman–Crippen LogP) is 4.56. The molecular formula is C19H18N2O. The van der Waals surface area contributed by atoms with Crippen LogP contribution in [0.3, 0.4) is 0 Å². The monoisotopic (exact) mass is 290 g/mol. The minimum absolute atomic E-state index is 0.280. The largest absolute Gasteiger partial charge is 0.505 e. The molecule has 1 aromatic heterocycles. The van der Waals surface area contributed by atoms with Crippen molar-refractivity contribution in [2.45, 2.75) is 25.7 Å². The third-order valence-electron chi connectivity index (χ3n) is 4.30. The molecule has 0 bridgehead atoms. The maximum atomic E-state index is 10.6. The second-order valence-electron chi connectivity index (χ2n) is 5.82. The Hall–Kier alpha value is -2.55. The van der Waals surface area contributed by atoms with Crippen molar-refractivity contribution in [2.24, 2.45) is 0 Å². The molecule has 110 valence electrons. The highest BCUT2D eigenvalue weighted by Crippen LogP contribution is 2.35. The molecule has 3 aromatic rings. The van der Waals surface area contributed by atoms with Gasteiger partial charge in [-0.2, -0.15) is 0 Å². The molecule has 22 heavy (non-hydrogen) atoms. The van der Waals surface area contributed by atoms with E-state index in [1.807, 2.05) is 42.5 Å². The van der Waals surface area contributed by atoms with E-state index in [0.29, 0.717) is 0 Å². The van der Waals surface area contributed by atoms with Crippen LogP contribution in [0.15, 0.2) is 48.5 Å². The van der Waals surface area contributed by atoms with Gasteiger partial charge in [-0.25, -0.2) is 0 Å². The lowest BCUT2D eigenvalue weighted by atomic mass is 9.94. The first-order valence-electron chi connectivity index (χ1n) is 7.78. The Morgan fingerprint density at radius 3 is 2.64 bits per heavy atom. The number of aryl methyl sites for hydroxylation is 2. The smallest absolute Gasteiger partial charge is 0.148 e. The van der Waals surface area contributed by atoms with E-state index in [1.165, 1.54) is 24.1 Å². The van der Waals surface area contributed by atoms with Gasteiger partial charge in [-0.3, -0.25) is 4.98 Å². The molecule has 0 saturated carbocycles. The van der Waals surface area contributed by atoms with Crippen LogP contribution in [0.25, 0.3) is 10.9 Å². The summed E-state index contributed by atoms with van der Waals surface area (Å²) in [6.45, 7) is 0. The van der Waals surface area contributed by atoms with Crippen LogP contribution in [-0.2, 0) is 12.8 Å². The number of hydrogen-bond acceptors (Lipinski definition) is 3. The van der Waals surface area contributed by atoms with Gasteiger partial charge in [0, 0.05) is 16.8 Å². The zero-order valence-electron chi connectivity index (χ0n) is 12.3. The molecule has 3 heteroatoms. The molecule has 0 unspecified atom stereocenters. The molecule has 0 atom stereocenters. The lowest BCUT2D eigenvalue weighted by molar-refractivity contribution is 0.483. The van der Waals surface area contributed by atoms with Crippen LogP contribution in [-0.4, -0.2) is 10.1 Å².